The second-order valence-electron chi connectivity index (χ2n) is 3.53. The average Bonchev–Trinajstić information content (AvgIpc) is 2.63. The molecule has 1 aliphatic rings. The Morgan fingerprint density at radius 3 is 2.31 bits per heavy atom. The summed E-state index contributed by atoms with van der Waals surface area (Å²) < 4.78 is 2.50. The highest BCUT2D eigenvalue weighted by Gasteiger charge is 2.05. The third kappa shape index (κ3) is 11.0. The van der Waals surface area contributed by atoms with Crippen LogP contribution in [0.1, 0.15) is 45.4 Å². The monoisotopic (exact) mass is 281 g/mol. The predicted octanol–water partition coefficient (Wildman–Crippen LogP) is 3.33. The van der Waals surface area contributed by atoms with Gasteiger partial charge in [0.2, 0.25) is 0 Å². The van der Waals surface area contributed by atoms with Crippen molar-refractivity contribution in [2.75, 3.05) is 6.54 Å². The van der Waals surface area contributed by atoms with Crippen molar-refractivity contribution < 1.29 is 0 Å². The summed E-state index contributed by atoms with van der Waals surface area (Å²) in [4.78, 5) is 0. The van der Waals surface area contributed by atoms with Crippen LogP contribution < -0.4 is 11.2 Å². The molecule has 1 rings (SSSR count). The normalized spacial score (nSPS) is 15.1. The van der Waals surface area contributed by atoms with E-state index in [2.05, 4.69) is 37.8 Å². The number of unbranched alkanes of at least 4 members (excludes halogenated alkanes) is 5. The van der Waals surface area contributed by atoms with Gasteiger partial charge < -0.3 is 11.2 Å². The number of nitrogens with zero attached hydrogens (tertiary/aromatic N) is 1. The Bertz CT molecular complexity index is 182. The van der Waals surface area contributed by atoms with E-state index in [9.17, 15) is 0 Å². The van der Waals surface area contributed by atoms with Crippen LogP contribution in [0.2, 0.25) is 0 Å². The fourth-order valence-electron chi connectivity index (χ4n) is 1.18. The van der Waals surface area contributed by atoms with Crippen LogP contribution in [-0.4, -0.2) is 10.4 Å². The van der Waals surface area contributed by atoms with Gasteiger partial charge in [-0.3, -0.25) is 0 Å². The van der Waals surface area contributed by atoms with Gasteiger partial charge in [0.1, 0.15) is 0 Å². The summed E-state index contributed by atoms with van der Waals surface area (Å²) in [5.74, 6) is 0. The van der Waals surface area contributed by atoms with Crippen molar-refractivity contribution in [3.05, 3.63) is 10.4 Å². The molecule has 1 heterocycles. The van der Waals surface area contributed by atoms with Gasteiger partial charge >= 0.3 is 0 Å². The van der Waals surface area contributed by atoms with Gasteiger partial charge in [0.15, 0.2) is 0 Å². The zero-order valence-corrected chi connectivity index (χ0v) is 12.5. The molecule has 0 fully saturated rings. The maximum atomic E-state index is 5.34. The van der Waals surface area contributed by atoms with E-state index in [4.69, 9.17) is 5.73 Å². The number of hydrogen-bond acceptors (Lipinski definition) is 6. The third-order valence-corrected chi connectivity index (χ3v) is 3.35. The maximum Gasteiger partial charge on any atom is 0.0726 e. The SMILES string of the molecule is CCCCCCCCN.SC1=CNN(S)S1. The van der Waals surface area contributed by atoms with Crippen molar-refractivity contribution in [3.63, 3.8) is 0 Å². The molecule has 6 heteroatoms. The van der Waals surface area contributed by atoms with E-state index >= 15 is 0 Å². The molecular weight excluding hydrogens is 258 g/mol. The molecular formula is C10H23N3S3. The largest absolute Gasteiger partial charge is 0.330 e. The highest BCUT2D eigenvalue weighted by Crippen LogP contribution is 2.27. The maximum absolute atomic E-state index is 5.34. The summed E-state index contributed by atoms with van der Waals surface area (Å²) in [6, 6.07) is 0. The molecule has 0 unspecified atom stereocenters. The van der Waals surface area contributed by atoms with Gasteiger partial charge in [0, 0.05) is 6.20 Å². The molecule has 3 nitrogen and oxygen atoms in total. The second-order valence-corrected chi connectivity index (χ2v) is 5.97. The summed E-state index contributed by atoms with van der Waals surface area (Å²) >= 11 is 9.39. The summed E-state index contributed by atoms with van der Waals surface area (Å²) in [5, 5.41) is 0. The van der Waals surface area contributed by atoms with Crippen molar-refractivity contribution in [2.24, 2.45) is 5.73 Å². The molecule has 0 aromatic rings. The van der Waals surface area contributed by atoms with Crippen LogP contribution in [0, 0.1) is 0 Å². The lowest BCUT2D eigenvalue weighted by Gasteiger charge is -2.01. The van der Waals surface area contributed by atoms with Gasteiger partial charge in [0.05, 0.1) is 4.24 Å². The number of nitrogens with two attached hydrogens (primary N) is 1. The molecule has 0 spiro atoms. The zero-order chi connectivity index (χ0) is 12.2. The topological polar surface area (TPSA) is 41.3 Å². The first-order valence-electron chi connectivity index (χ1n) is 5.73. The quantitative estimate of drug-likeness (QED) is 0.342. The molecule has 0 saturated heterocycles. The molecule has 3 N–H and O–H groups in total. The van der Waals surface area contributed by atoms with E-state index in [1.165, 1.54) is 50.5 Å². The van der Waals surface area contributed by atoms with E-state index in [0.717, 1.165) is 10.8 Å². The average molecular weight is 282 g/mol. The van der Waals surface area contributed by atoms with Gasteiger partial charge in [-0.25, -0.2) is 0 Å². The summed E-state index contributed by atoms with van der Waals surface area (Å²) in [6.07, 6.45) is 9.82. The van der Waals surface area contributed by atoms with E-state index in [1.807, 2.05) is 0 Å². The molecule has 0 bridgehead atoms. The van der Waals surface area contributed by atoms with Gasteiger partial charge in [-0.1, -0.05) is 51.8 Å². The van der Waals surface area contributed by atoms with Gasteiger partial charge in [-0.2, -0.15) is 0 Å². The smallest absolute Gasteiger partial charge is 0.0726 e. The van der Waals surface area contributed by atoms with Crippen LogP contribution in [0.15, 0.2) is 10.4 Å². The second kappa shape index (κ2) is 12.0. The van der Waals surface area contributed by atoms with Crippen LogP contribution in [0.3, 0.4) is 0 Å². The fourth-order valence-corrected chi connectivity index (χ4v) is 2.38. The summed E-state index contributed by atoms with van der Waals surface area (Å²) in [6.45, 7) is 3.11. The van der Waals surface area contributed by atoms with Gasteiger partial charge in [-0.05, 0) is 24.9 Å². The van der Waals surface area contributed by atoms with E-state index in [-0.39, 0.29) is 0 Å². The third-order valence-electron chi connectivity index (χ3n) is 2.04. The van der Waals surface area contributed by atoms with E-state index in [1.54, 1.807) is 10.0 Å². The van der Waals surface area contributed by atoms with Crippen molar-refractivity contribution in [1.82, 2.24) is 9.25 Å². The minimum atomic E-state index is 0.867. The van der Waals surface area contributed by atoms with Crippen molar-refractivity contribution in [2.45, 2.75) is 45.4 Å². The lowest BCUT2D eigenvalue weighted by Crippen LogP contribution is -2.10. The molecule has 96 valence electrons. The van der Waals surface area contributed by atoms with Crippen LogP contribution in [-0.2, 0) is 0 Å². The summed E-state index contributed by atoms with van der Waals surface area (Å²) in [5.41, 5.74) is 8.13. The minimum Gasteiger partial charge on any atom is -0.330 e. The van der Waals surface area contributed by atoms with Crippen molar-refractivity contribution >= 4 is 37.4 Å². The molecule has 0 radical (unpaired) electrons. The predicted molar refractivity (Wildman–Crippen MR) is 81.1 cm³/mol. The lowest BCUT2D eigenvalue weighted by molar-refractivity contribution is 0.612. The number of hydrazine groups is 1. The minimum absolute atomic E-state index is 0.867. The number of rotatable bonds is 6. The van der Waals surface area contributed by atoms with Gasteiger partial charge in [-0.15, -0.1) is 16.4 Å². The Balaban J connectivity index is 0.000000288. The molecule has 0 aromatic heterocycles. The Hall–Kier alpha value is 0.510. The lowest BCUT2D eigenvalue weighted by atomic mass is 10.1. The van der Waals surface area contributed by atoms with Crippen molar-refractivity contribution in [3.8, 4) is 0 Å². The van der Waals surface area contributed by atoms with Gasteiger partial charge in [0.25, 0.3) is 0 Å². The molecule has 0 saturated carbocycles. The molecule has 0 aliphatic carbocycles. The Kier molecular flexibility index (Phi) is 12.4. The Morgan fingerprint density at radius 2 is 1.94 bits per heavy atom. The number of hydrogen-bond donors (Lipinski definition) is 4. The Labute approximate surface area is 115 Å². The Morgan fingerprint density at radius 1 is 1.31 bits per heavy atom. The summed E-state index contributed by atoms with van der Waals surface area (Å²) in [7, 11) is 0. The first-order valence-corrected chi connectivity index (χ1v) is 7.35. The molecule has 0 amide bonds. The first-order chi connectivity index (χ1) is 7.70. The number of thiol groups is 2. The zero-order valence-electron chi connectivity index (χ0n) is 9.85. The number of nitrogens with one attached hydrogen (secondary N) is 1. The van der Waals surface area contributed by atoms with E-state index in [0.29, 0.717) is 0 Å². The molecule has 0 atom stereocenters. The van der Waals surface area contributed by atoms with Crippen LogP contribution >= 0.6 is 37.4 Å². The van der Waals surface area contributed by atoms with Crippen LogP contribution in [0.25, 0.3) is 0 Å². The standard InChI is InChI=1S/C8H19N.C2H4N2S3/c1-2-3-4-5-6-7-8-9;5-2-1-3-4(6)7-2/h2-9H2,1H3;1,3,5-6H. The fraction of sp³-hybridized carbons (Fsp3) is 0.800. The van der Waals surface area contributed by atoms with E-state index < -0.39 is 0 Å². The van der Waals surface area contributed by atoms with Crippen molar-refractivity contribution in [1.29, 1.82) is 0 Å². The molecule has 0 aromatic carbocycles. The van der Waals surface area contributed by atoms with Crippen LogP contribution in [0.5, 0.6) is 0 Å². The first kappa shape index (κ1) is 16.5. The van der Waals surface area contributed by atoms with Crippen LogP contribution in [0.4, 0.5) is 0 Å². The molecule has 1 aliphatic heterocycles. The highest BCUT2D eigenvalue weighted by atomic mass is 32.2. The highest BCUT2D eigenvalue weighted by molar-refractivity contribution is 8.18. The molecule has 16 heavy (non-hydrogen) atoms.